The number of benzene rings is 1. The van der Waals surface area contributed by atoms with Crippen molar-refractivity contribution in [3.63, 3.8) is 0 Å². The average Bonchev–Trinajstić information content (AvgIpc) is 3.41. The van der Waals surface area contributed by atoms with E-state index in [2.05, 4.69) is 14.9 Å². The number of ether oxygens (including phenoxy) is 3. The van der Waals surface area contributed by atoms with Crippen LogP contribution in [0.2, 0.25) is 0 Å². The normalized spacial score (nSPS) is 18.6. The van der Waals surface area contributed by atoms with Crippen LogP contribution in [0.5, 0.6) is 11.6 Å². The first-order valence-corrected chi connectivity index (χ1v) is 13.9. The second-order valence-electron chi connectivity index (χ2n) is 8.98. The molecule has 11 heteroatoms. The summed E-state index contributed by atoms with van der Waals surface area (Å²) in [6.45, 7) is 5.74. The van der Waals surface area contributed by atoms with Crippen molar-refractivity contribution in [2.75, 3.05) is 39.9 Å². The maximum Gasteiger partial charge on any atom is 0.345 e. The van der Waals surface area contributed by atoms with E-state index in [0.717, 1.165) is 25.7 Å². The predicted molar refractivity (Wildman–Crippen MR) is 133 cm³/mol. The molecule has 0 spiro atoms. The molecule has 1 aromatic heterocycles. The molecule has 2 heterocycles. The molecule has 1 aliphatic heterocycles. The highest BCUT2D eigenvalue weighted by molar-refractivity contribution is 7.89. The summed E-state index contributed by atoms with van der Waals surface area (Å²) in [5, 5.41) is 0. The van der Waals surface area contributed by atoms with Crippen molar-refractivity contribution in [2.24, 2.45) is 0 Å². The Bertz CT molecular complexity index is 1140. The lowest BCUT2D eigenvalue weighted by atomic mass is 10.2. The van der Waals surface area contributed by atoms with Gasteiger partial charge in [0.05, 0.1) is 24.7 Å². The summed E-state index contributed by atoms with van der Waals surface area (Å²) in [6, 6.07) is 6.24. The lowest BCUT2D eigenvalue weighted by Crippen LogP contribution is -2.49. The van der Waals surface area contributed by atoms with Crippen LogP contribution in [0.15, 0.2) is 35.4 Å². The molecule has 196 valence electrons. The number of esters is 1. The molecule has 0 radical (unpaired) electrons. The summed E-state index contributed by atoms with van der Waals surface area (Å²) < 4.78 is 44.1. The molecule has 10 nitrogen and oxygen atoms in total. The summed E-state index contributed by atoms with van der Waals surface area (Å²) in [5.41, 5.74) is 0.232. The Balaban J connectivity index is 1.45. The fraction of sp³-hybridized carbons (Fsp3) is 0.560. The molecule has 2 aromatic rings. The van der Waals surface area contributed by atoms with Gasteiger partial charge in [0, 0.05) is 32.4 Å². The van der Waals surface area contributed by atoms with E-state index in [0.29, 0.717) is 37.8 Å². The Hall–Kier alpha value is -2.76. The van der Waals surface area contributed by atoms with E-state index in [1.807, 2.05) is 6.92 Å². The SMILES string of the molecule is CCOC(=O)c1cnc(C(C)N2CCN(S(=O)(=O)c3ccc(OC)cc3)CC2)nc1OC1CCCC1. The van der Waals surface area contributed by atoms with Gasteiger partial charge in [-0.25, -0.2) is 18.2 Å². The van der Waals surface area contributed by atoms with E-state index in [1.165, 1.54) is 10.5 Å². The highest BCUT2D eigenvalue weighted by Crippen LogP contribution is 2.28. The minimum absolute atomic E-state index is 0.0305. The van der Waals surface area contributed by atoms with Crippen LogP contribution in [0.1, 0.15) is 61.8 Å². The van der Waals surface area contributed by atoms with Crippen molar-refractivity contribution in [3.8, 4) is 11.6 Å². The van der Waals surface area contributed by atoms with E-state index in [-0.39, 0.29) is 35.1 Å². The molecule has 4 rings (SSSR count). The van der Waals surface area contributed by atoms with Gasteiger partial charge in [-0.15, -0.1) is 0 Å². The van der Waals surface area contributed by atoms with Crippen LogP contribution in [0.4, 0.5) is 0 Å². The molecule has 0 N–H and O–H groups in total. The van der Waals surface area contributed by atoms with Gasteiger partial charge in [-0.3, -0.25) is 4.90 Å². The first kappa shape index (κ1) is 26.3. The van der Waals surface area contributed by atoms with Crippen LogP contribution in [0, 0.1) is 0 Å². The van der Waals surface area contributed by atoms with Gasteiger partial charge in [0.1, 0.15) is 23.2 Å². The summed E-state index contributed by atoms with van der Waals surface area (Å²) in [6.07, 6.45) is 5.56. The summed E-state index contributed by atoms with van der Waals surface area (Å²) in [4.78, 5) is 23.9. The van der Waals surface area contributed by atoms with Crippen molar-refractivity contribution in [1.29, 1.82) is 0 Å². The molecule has 1 aliphatic carbocycles. The van der Waals surface area contributed by atoms with E-state index in [9.17, 15) is 13.2 Å². The molecular formula is C25H34N4O6S. The molecule has 1 saturated carbocycles. The molecule has 1 saturated heterocycles. The number of hydrogen-bond donors (Lipinski definition) is 0. The molecule has 1 atom stereocenters. The third kappa shape index (κ3) is 5.79. The van der Waals surface area contributed by atoms with Crippen molar-refractivity contribution < 1.29 is 27.4 Å². The zero-order valence-corrected chi connectivity index (χ0v) is 21.9. The smallest absolute Gasteiger partial charge is 0.345 e. The van der Waals surface area contributed by atoms with Crippen molar-refractivity contribution in [3.05, 3.63) is 41.9 Å². The summed E-state index contributed by atoms with van der Waals surface area (Å²) >= 11 is 0. The fourth-order valence-corrected chi connectivity index (χ4v) is 6.00. The molecule has 2 aliphatic rings. The highest BCUT2D eigenvalue weighted by Gasteiger charge is 2.32. The fourth-order valence-electron chi connectivity index (χ4n) is 4.57. The number of sulfonamides is 1. The van der Waals surface area contributed by atoms with Crippen molar-refractivity contribution >= 4 is 16.0 Å². The van der Waals surface area contributed by atoms with Gasteiger partial charge in [0.2, 0.25) is 15.9 Å². The topological polar surface area (TPSA) is 111 Å². The molecule has 1 aromatic carbocycles. The van der Waals surface area contributed by atoms with Gasteiger partial charge < -0.3 is 14.2 Å². The maximum absolute atomic E-state index is 13.1. The van der Waals surface area contributed by atoms with E-state index in [4.69, 9.17) is 14.2 Å². The Kier molecular flexibility index (Phi) is 8.43. The van der Waals surface area contributed by atoms with Crippen LogP contribution in [-0.4, -0.2) is 79.6 Å². The standard InChI is InChI=1S/C25H34N4O6S/c1-4-34-25(30)22-17-26-23(27-24(22)35-20-7-5-6-8-20)18(2)28-13-15-29(16-14-28)36(31,32)21-11-9-19(33-3)10-12-21/h9-12,17-18,20H,4-8,13-16H2,1-3H3. The van der Waals surface area contributed by atoms with Crippen molar-refractivity contribution in [1.82, 2.24) is 19.2 Å². The number of carbonyl (C=O) groups is 1. The summed E-state index contributed by atoms with van der Waals surface area (Å²) in [7, 11) is -2.05. The van der Waals surface area contributed by atoms with Gasteiger partial charge in [-0.05, 0) is 63.8 Å². The first-order valence-electron chi connectivity index (χ1n) is 12.4. The zero-order chi connectivity index (χ0) is 25.7. The second kappa shape index (κ2) is 11.5. The number of nitrogens with zero attached hydrogens (tertiary/aromatic N) is 4. The Morgan fingerprint density at radius 1 is 1.11 bits per heavy atom. The largest absolute Gasteiger partial charge is 0.497 e. The van der Waals surface area contributed by atoms with Gasteiger partial charge in [0.15, 0.2) is 0 Å². The average molecular weight is 519 g/mol. The Morgan fingerprint density at radius 2 is 1.78 bits per heavy atom. The Labute approximate surface area is 212 Å². The van der Waals surface area contributed by atoms with Gasteiger partial charge in [-0.1, -0.05) is 0 Å². The molecule has 36 heavy (non-hydrogen) atoms. The molecule has 0 bridgehead atoms. The number of piperazine rings is 1. The predicted octanol–water partition coefficient (Wildman–Crippen LogP) is 3.05. The second-order valence-corrected chi connectivity index (χ2v) is 10.9. The van der Waals surface area contributed by atoms with Gasteiger partial charge in [-0.2, -0.15) is 9.29 Å². The van der Waals surface area contributed by atoms with E-state index < -0.39 is 16.0 Å². The third-order valence-electron chi connectivity index (χ3n) is 6.74. The van der Waals surface area contributed by atoms with Gasteiger partial charge >= 0.3 is 5.97 Å². The van der Waals surface area contributed by atoms with Crippen LogP contribution in [0.3, 0.4) is 0 Å². The zero-order valence-electron chi connectivity index (χ0n) is 21.1. The molecule has 0 amide bonds. The number of hydrogen-bond acceptors (Lipinski definition) is 9. The van der Waals surface area contributed by atoms with Crippen LogP contribution >= 0.6 is 0 Å². The van der Waals surface area contributed by atoms with Crippen LogP contribution < -0.4 is 9.47 Å². The summed E-state index contributed by atoms with van der Waals surface area (Å²) in [5.74, 6) is 0.903. The van der Waals surface area contributed by atoms with Crippen LogP contribution in [-0.2, 0) is 14.8 Å². The third-order valence-corrected chi connectivity index (χ3v) is 8.65. The molecule has 2 fully saturated rings. The highest BCUT2D eigenvalue weighted by atomic mass is 32.2. The molecule has 1 unspecified atom stereocenters. The van der Waals surface area contributed by atoms with Crippen molar-refractivity contribution in [2.45, 2.75) is 56.6 Å². The maximum atomic E-state index is 13.1. The Morgan fingerprint density at radius 3 is 2.39 bits per heavy atom. The lowest BCUT2D eigenvalue weighted by Gasteiger charge is -2.36. The minimum atomic E-state index is -3.59. The van der Waals surface area contributed by atoms with E-state index in [1.54, 1.807) is 38.3 Å². The quantitative estimate of drug-likeness (QED) is 0.462. The first-order chi connectivity index (χ1) is 17.3. The number of rotatable bonds is 9. The minimum Gasteiger partial charge on any atom is -0.497 e. The van der Waals surface area contributed by atoms with Crippen LogP contribution in [0.25, 0.3) is 0 Å². The van der Waals surface area contributed by atoms with Gasteiger partial charge in [0.25, 0.3) is 0 Å². The monoisotopic (exact) mass is 518 g/mol. The number of carbonyl (C=O) groups excluding carboxylic acids is 1. The number of methoxy groups -OCH3 is 1. The number of aromatic nitrogens is 2. The van der Waals surface area contributed by atoms with E-state index >= 15 is 0 Å². The lowest BCUT2D eigenvalue weighted by molar-refractivity contribution is 0.0516. The molecular weight excluding hydrogens is 484 g/mol.